The summed E-state index contributed by atoms with van der Waals surface area (Å²) < 4.78 is 5.23. The number of pyridine rings is 1. The molecule has 0 radical (unpaired) electrons. The Bertz CT molecular complexity index is 996. The lowest BCUT2D eigenvalue weighted by Crippen LogP contribution is -2.38. The van der Waals surface area contributed by atoms with Crippen molar-refractivity contribution in [1.29, 1.82) is 0 Å². The van der Waals surface area contributed by atoms with Crippen LogP contribution in [0.3, 0.4) is 0 Å². The molecule has 1 aromatic carbocycles. The minimum atomic E-state index is -0.0298. The Morgan fingerprint density at radius 1 is 1.19 bits per heavy atom. The van der Waals surface area contributed by atoms with E-state index in [0.29, 0.717) is 17.3 Å². The summed E-state index contributed by atoms with van der Waals surface area (Å²) in [5, 5.41) is 3.92. The molecule has 3 heterocycles. The van der Waals surface area contributed by atoms with E-state index >= 15 is 0 Å². The highest BCUT2D eigenvalue weighted by molar-refractivity contribution is 7.17. The number of rotatable bonds is 7. The van der Waals surface area contributed by atoms with Crippen molar-refractivity contribution < 1.29 is 9.53 Å². The van der Waals surface area contributed by atoms with Crippen molar-refractivity contribution in [2.75, 3.05) is 26.7 Å². The Labute approximate surface area is 187 Å². The number of aryl methyl sites for hydroxylation is 1. The Morgan fingerprint density at radius 2 is 1.97 bits per heavy atom. The summed E-state index contributed by atoms with van der Waals surface area (Å²) in [4.78, 5) is 24.8. The zero-order valence-corrected chi connectivity index (χ0v) is 18.8. The van der Waals surface area contributed by atoms with Crippen molar-refractivity contribution in [2.24, 2.45) is 5.92 Å². The summed E-state index contributed by atoms with van der Waals surface area (Å²) in [5.41, 5.74) is 2.87. The van der Waals surface area contributed by atoms with E-state index in [1.54, 1.807) is 13.3 Å². The van der Waals surface area contributed by atoms with Crippen molar-refractivity contribution in [1.82, 2.24) is 20.2 Å². The van der Waals surface area contributed by atoms with E-state index < -0.39 is 0 Å². The first-order valence-electron chi connectivity index (χ1n) is 10.6. The number of likely N-dealkylation sites (tertiary alicyclic amines) is 1. The van der Waals surface area contributed by atoms with E-state index in [1.165, 1.54) is 16.9 Å². The quantitative estimate of drug-likeness (QED) is 0.602. The molecule has 0 aliphatic carbocycles. The van der Waals surface area contributed by atoms with Gasteiger partial charge in [-0.3, -0.25) is 14.7 Å². The minimum absolute atomic E-state index is 0.0298. The maximum Gasteiger partial charge on any atom is 0.263 e. The number of aromatic nitrogens is 2. The maximum atomic E-state index is 12.7. The molecule has 3 aromatic rings. The fourth-order valence-corrected chi connectivity index (χ4v) is 4.82. The zero-order chi connectivity index (χ0) is 21.6. The smallest absolute Gasteiger partial charge is 0.263 e. The van der Waals surface area contributed by atoms with E-state index in [-0.39, 0.29) is 5.91 Å². The van der Waals surface area contributed by atoms with E-state index in [0.717, 1.165) is 54.6 Å². The van der Waals surface area contributed by atoms with Gasteiger partial charge in [-0.15, -0.1) is 11.3 Å². The van der Waals surface area contributed by atoms with Gasteiger partial charge in [0, 0.05) is 19.3 Å². The van der Waals surface area contributed by atoms with Crippen LogP contribution in [0.1, 0.15) is 33.8 Å². The Balaban J connectivity index is 1.25. The number of methoxy groups -OCH3 is 1. The predicted octanol–water partition coefficient (Wildman–Crippen LogP) is 4.16. The van der Waals surface area contributed by atoms with Crippen molar-refractivity contribution in [2.45, 2.75) is 26.3 Å². The van der Waals surface area contributed by atoms with Crippen LogP contribution < -0.4 is 10.1 Å². The molecule has 162 valence electrons. The number of amides is 1. The molecule has 0 bridgehead atoms. The molecule has 1 fully saturated rings. The molecular formula is C24H28N4O2S. The zero-order valence-electron chi connectivity index (χ0n) is 18.0. The number of nitrogens with zero attached hydrogens (tertiary/aromatic N) is 3. The second kappa shape index (κ2) is 10.0. The highest BCUT2D eigenvalue weighted by Gasteiger charge is 2.22. The van der Waals surface area contributed by atoms with Gasteiger partial charge in [-0.05, 0) is 68.6 Å². The van der Waals surface area contributed by atoms with Crippen molar-refractivity contribution >= 4 is 17.2 Å². The highest BCUT2D eigenvalue weighted by Crippen LogP contribution is 2.26. The lowest BCUT2D eigenvalue weighted by atomic mass is 9.96. The Hall–Kier alpha value is -2.77. The second-order valence-electron chi connectivity index (χ2n) is 7.93. The SMILES string of the molecule is COc1ccc(CN2CCC(CNC(=O)c3sc(-c4ccccn4)nc3C)CC2)cc1. The second-order valence-corrected chi connectivity index (χ2v) is 8.93. The van der Waals surface area contributed by atoms with Gasteiger partial charge in [0.15, 0.2) is 0 Å². The van der Waals surface area contributed by atoms with E-state index in [1.807, 2.05) is 37.3 Å². The van der Waals surface area contributed by atoms with Crippen LogP contribution in [0, 0.1) is 12.8 Å². The summed E-state index contributed by atoms with van der Waals surface area (Å²) in [6, 6.07) is 14.0. The topological polar surface area (TPSA) is 67.3 Å². The molecule has 2 aromatic heterocycles. The number of carbonyl (C=O) groups excluding carboxylic acids is 1. The monoisotopic (exact) mass is 436 g/mol. The molecular weight excluding hydrogens is 408 g/mol. The lowest BCUT2D eigenvalue weighted by molar-refractivity contribution is 0.0938. The number of nitrogens with one attached hydrogen (secondary N) is 1. The Morgan fingerprint density at radius 3 is 2.65 bits per heavy atom. The summed E-state index contributed by atoms with van der Waals surface area (Å²) >= 11 is 1.41. The summed E-state index contributed by atoms with van der Waals surface area (Å²) in [6.07, 6.45) is 3.93. The molecule has 4 rings (SSSR count). The normalized spacial score (nSPS) is 15.0. The molecule has 0 saturated carbocycles. The fraction of sp³-hybridized carbons (Fsp3) is 0.375. The van der Waals surface area contributed by atoms with Crippen LogP contribution in [0.25, 0.3) is 10.7 Å². The molecule has 7 heteroatoms. The fourth-order valence-electron chi connectivity index (χ4n) is 3.86. The van der Waals surface area contributed by atoms with Crippen molar-refractivity contribution in [3.63, 3.8) is 0 Å². The number of benzene rings is 1. The summed E-state index contributed by atoms with van der Waals surface area (Å²) in [6.45, 7) is 5.66. The van der Waals surface area contributed by atoms with Gasteiger partial charge in [0.05, 0.1) is 18.5 Å². The summed E-state index contributed by atoms with van der Waals surface area (Å²) in [5.74, 6) is 1.37. The minimum Gasteiger partial charge on any atom is -0.497 e. The van der Waals surface area contributed by atoms with Crippen LogP contribution in [0.5, 0.6) is 5.75 Å². The van der Waals surface area contributed by atoms with Gasteiger partial charge in [-0.2, -0.15) is 0 Å². The number of piperidine rings is 1. The van der Waals surface area contributed by atoms with Crippen LogP contribution >= 0.6 is 11.3 Å². The molecule has 1 N–H and O–H groups in total. The van der Waals surface area contributed by atoms with Gasteiger partial charge in [0.1, 0.15) is 15.6 Å². The average molecular weight is 437 g/mol. The average Bonchev–Trinajstić information content (AvgIpc) is 3.21. The maximum absolute atomic E-state index is 12.7. The first kappa shape index (κ1) is 21.5. The van der Waals surface area contributed by atoms with Gasteiger partial charge in [-0.25, -0.2) is 4.98 Å². The van der Waals surface area contributed by atoms with Crippen LogP contribution in [0.4, 0.5) is 0 Å². The van der Waals surface area contributed by atoms with Gasteiger partial charge in [0.2, 0.25) is 0 Å². The molecule has 6 nitrogen and oxygen atoms in total. The number of hydrogen-bond donors (Lipinski definition) is 1. The first-order valence-corrected chi connectivity index (χ1v) is 11.5. The van der Waals surface area contributed by atoms with Gasteiger partial charge < -0.3 is 10.1 Å². The van der Waals surface area contributed by atoms with Crippen molar-refractivity contribution in [3.05, 3.63) is 64.8 Å². The lowest BCUT2D eigenvalue weighted by Gasteiger charge is -2.32. The highest BCUT2D eigenvalue weighted by atomic mass is 32.1. The molecule has 31 heavy (non-hydrogen) atoms. The van der Waals surface area contributed by atoms with Crippen LogP contribution in [0.15, 0.2) is 48.7 Å². The largest absolute Gasteiger partial charge is 0.497 e. The molecule has 0 atom stereocenters. The van der Waals surface area contributed by atoms with Gasteiger partial charge in [0.25, 0.3) is 5.91 Å². The predicted molar refractivity (Wildman–Crippen MR) is 123 cm³/mol. The first-order chi connectivity index (χ1) is 15.1. The van der Waals surface area contributed by atoms with Crippen LogP contribution in [-0.2, 0) is 6.54 Å². The van der Waals surface area contributed by atoms with Crippen LogP contribution in [-0.4, -0.2) is 47.5 Å². The van der Waals surface area contributed by atoms with E-state index in [4.69, 9.17) is 4.74 Å². The third kappa shape index (κ3) is 5.48. The molecule has 1 amide bonds. The molecule has 1 aliphatic rings. The third-order valence-corrected chi connectivity index (χ3v) is 6.89. The number of ether oxygens (including phenoxy) is 1. The van der Waals surface area contributed by atoms with Gasteiger partial charge >= 0.3 is 0 Å². The van der Waals surface area contributed by atoms with E-state index in [2.05, 4.69) is 32.3 Å². The molecule has 1 saturated heterocycles. The van der Waals surface area contributed by atoms with Crippen molar-refractivity contribution in [3.8, 4) is 16.5 Å². The third-order valence-electron chi connectivity index (χ3n) is 5.71. The van der Waals surface area contributed by atoms with E-state index in [9.17, 15) is 4.79 Å². The summed E-state index contributed by atoms with van der Waals surface area (Å²) in [7, 11) is 1.69. The number of thiazole rings is 1. The number of hydrogen-bond acceptors (Lipinski definition) is 6. The molecule has 1 aliphatic heterocycles. The molecule has 0 spiro atoms. The standard InChI is InChI=1S/C24H28N4O2S/c1-17-22(31-24(27-17)21-5-3-4-12-25-21)23(29)26-15-18-10-13-28(14-11-18)16-19-6-8-20(30-2)9-7-19/h3-9,12,18H,10-11,13-16H2,1-2H3,(H,26,29). The number of carbonyl (C=O) groups is 1. The Kier molecular flexibility index (Phi) is 6.94. The molecule has 0 unspecified atom stereocenters. The van der Waals surface area contributed by atoms with Gasteiger partial charge in [-0.1, -0.05) is 18.2 Å². The van der Waals surface area contributed by atoms with Crippen LogP contribution in [0.2, 0.25) is 0 Å².